The average molecular weight is 2090 g/mol. The molecule has 728 valence electrons. The number of amides is 1. The van der Waals surface area contributed by atoms with Crippen LogP contribution in [0.3, 0.4) is 0 Å². The Morgan fingerprint density at radius 1 is 0.373 bits per heavy atom. The number of rotatable bonds is 22. The second-order valence-electron chi connectivity index (χ2n) is 35.0. The van der Waals surface area contributed by atoms with Crippen molar-refractivity contribution < 1.29 is 43.4 Å². The Balaban J connectivity index is 0.000000165. The molecular formula is C103H92Cl9N19O11. The number of Topliss-reactive ketones (excluding diaryl/α,β-unsaturated/α-hetero) is 4. The van der Waals surface area contributed by atoms with E-state index in [2.05, 4.69) is 70.1 Å². The van der Waals surface area contributed by atoms with Crippen molar-refractivity contribution in [3.8, 4) is 46.1 Å². The number of aromatic amines is 4. The Labute approximate surface area is 859 Å². The topological polar surface area (TPSA) is 475 Å². The lowest BCUT2D eigenvalue weighted by Gasteiger charge is -2.17. The second-order valence-corrected chi connectivity index (χ2v) is 38.8. The van der Waals surface area contributed by atoms with Crippen LogP contribution in [-0.2, 0) is 46.6 Å². The van der Waals surface area contributed by atoms with Gasteiger partial charge in [-0.2, -0.15) is 0 Å². The first-order valence-electron chi connectivity index (χ1n) is 43.4. The van der Waals surface area contributed by atoms with Crippen molar-refractivity contribution in [3.05, 3.63) is 348 Å². The molecule has 39 heteroatoms. The third-order valence-corrected chi connectivity index (χ3v) is 23.3. The van der Waals surface area contributed by atoms with Gasteiger partial charge in [-0.05, 0) is 204 Å². The number of aromatic nitrogens is 13. The summed E-state index contributed by atoms with van der Waals surface area (Å²) in [6.07, 6.45) is 10.8. The van der Waals surface area contributed by atoms with E-state index in [9.17, 15) is 53.8 Å². The number of aryl methyl sites for hydroxylation is 2. The summed E-state index contributed by atoms with van der Waals surface area (Å²) < 4.78 is 0. The molecule has 17 aromatic rings. The SMILES string of the molecule is CC(C)(C)C(=O)CCc1ccc(Cl)c(C(=O)Cc2ccc3nc(-c4ccc(Cl)cn4)[nH]c3c2)c1.CC(C)(C)C(=O)CCc1ccc(Cl)c(C(=O)Cc2ccc3nc(-c4ccc(Cl)cn4)[nH]c3c2)c1.CC(C)(C)C(=O)NCc1ccc(Cl)c(C(=O)Cl)c1.Nc1ccc([N+](=O)[O-])cc1N.Nc1ccc2nc(-c3ccc(Cl)cn3)[nH]c2c1.O=Cc1ccc(Cl)cn1.O=[N+]([O-])c1ccc2nc(-c3ccc(Cl)cn3)[nH]c2c1. The maximum atomic E-state index is 13.1. The summed E-state index contributed by atoms with van der Waals surface area (Å²) in [6.45, 7) is 17.3. The molecule has 0 fully saturated rings. The molecule has 0 unspecified atom stereocenters. The number of pyridine rings is 5. The highest BCUT2D eigenvalue weighted by atomic mass is 35.5. The lowest BCUT2D eigenvalue weighted by Crippen LogP contribution is -2.34. The van der Waals surface area contributed by atoms with Crippen LogP contribution in [-0.4, -0.2) is 115 Å². The van der Waals surface area contributed by atoms with Crippen LogP contribution in [0.15, 0.2) is 237 Å². The van der Waals surface area contributed by atoms with E-state index in [1.807, 2.05) is 135 Å². The zero-order valence-corrected chi connectivity index (χ0v) is 84.4. The summed E-state index contributed by atoms with van der Waals surface area (Å²) in [5.41, 5.74) is 31.3. The second kappa shape index (κ2) is 48.7. The number of ketones is 4. The van der Waals surface area contributed by atoms with Gasteiger partial charge in [-0.1, -0.05) is 185 Å². The third-order valence-electron chi connectivity index (χ3n) is 21.0. The molecule has 0 aliphatic carbocycles. The fourth-order valence-electron chi connectivity index (χ4n) is 13.1. The average Bonchev–Trinajstić information content (AvgIpc) is 1.68. The van der Waals surface area contributed by atoms with Gasteiger partial charge in [0, 0.05) is 121 Å². The number of imidazole rings is 4. The van der Waals surface area contributed by atoms with Gasteiger partial charge >= 0.3 is 0 Å². The van der Waals surface area contributed by atoms with Crippen LogP contribution in [0, 0.1) is 36.5 Å². The highest BCUT2D eigenvalue weighted by Gasteiger charge is 2.26. The normalized spacial score (nSPS) is 11.1. The Morgan fingerprint density at radius 3 is 1.06 bits per heavy atom. The van der Waals surface area contributed by atoms with E-state index in [0.717, 1.165) is 66.6 Å². The molecule has 0 atom stereocenters. The number of non-ortho nitro benzene ring substituents is 2. The van der Waals surface area contributed by atoms with Crippen molar-refractivity contribution in [2.75, 3.05) is 17.2 Å². The summed E-state index contributed by atoms with van der Waals surface area (Å²) in [4.78, 5) is 155. The van der Waals surface area contributed by atoms with Gasteiger partial charge in [0.2, 0.25) is 5.91 Å². The number of nitro benzene ring substituents is 2. The highest BCUT2D eigenvalue weighted by Crippen LogP contribution is 2.33. The molecule has 9 heterocycles. The van der Waals surface area contributed by atoms with E-state index in [4.69, 9.17) is 122 Å². The number of carbonyl (C=O) groups excluding carboxylic acids is 7. The number of hydrogen-bond donors (Lipinski definition) is 8. The largest absolute Gasteiger partial charge is 0.399 e. The molecule has 0 saturated heterocycles. The number of benzene rings is 8. The summed E-state index contributed by atoms with van der Waals surface area (Å²) in [6, 6.07) is 58.4. The first-order valence-corrected chi connectivity index (χ1v) is 46.8. The number of anilines is 3. The predicted octanol–water partition coefficient (Wildman–Crippen LogP) is 25.5. The number of fused-ring (bicyclic) bond motifs is 4. The highest BCUT2D eigenvalue weighted by molar-refractivity contribution is 6.68. The van der Waals surface area contributed by atoms with Gasteiger partial charge in [-0.3, -0.25) is 78.7 Å². The predicted molar refractivity (Wildman–Crippen MR) is 562 cm³/mol. The molecule has 1 amide bonds. The number of aldehydes is 1. The third kappa shape index (κ3) is 31.1. The molecule has 30 nitrogen and oxygen atoms in total. The Morgan fingerprint density at radius 2 is 0.711 bits per heavy atom. The number of carbonyl (C=O) groups is 7. The van der Waals surface area contributed by atoms with Crippen molar-refractivity contribution in [2.45, 2.75) is 107 Å². The van der Waals surface area contributed by atoms with Crippen LogP contribution in [0.4, 0.5) is 28.4 Å². The summed E-state index contributed by atoms with van der Waals surface area (Å²) >= 11 is 52.8. The molecule has 17 rings (SSSR count). The molecule has 0 bridgehead atoms. The van der Waals surface area contributed by atoms with E-state index >= 15 is 0 Å². The Hall–Kier alpha value is -14.3. The number of H-pyrrole nitrogens is 4. The van der Waals surface area contributed by atoms with Gasteiger partial charge < -0.3 is 42.5 Å². The van der Waals surface area contributed by atoms with Gasteiger partial charge in [0.1, 0.15) is 40.0 Å². The van der Waals surface area contributed by atoms with Gasteiger partial charge in [0.15, 0.2) is 41.2 Å². The summed E-state index contributed by atoms with van der Waals surface area (Å²) in [7, 11) is 0. The Bertz CT molecular complexity index is 7280. The lowest BCUT2D eigenvalue weighted by atomic mass is 9.87. The van der Waals surface area contributed by atoms with Crippen molar-refractivity contribution >= 4 is 218 Å². The van der Waals surface area contributed by atoms with Crippen molar-refractivity contribution in [1.82, 2.24) is 70.1 Å². The van der Waals surface area contributed by atoms with Gasteiger partial charge in [-0.25, -0.2) is 19.9 Å². The molecule has 9 aromatic heterocycles. The first-order chi connectivity index (χ1) is 67.2. The van der Waals surface area contributed by atoms with E-state index in [0.29, 0.717) is 158 Å². The van der Waals surface area contributed by atoms with Gasteiger partial charge in [0.25, 0.3) is 16.6 Å². The summed E-state index contributed by atoms with van der Waals surface area (Å²) in [5, 5.41) is 27.0. The molecule has 142 heavy (non-hydrogen) atoms. The van der Waals surface area contributed by atoms with Crippen LogP contribution < -0.4 is 22.5 Å². The molecule has 11 N–H and O–H groups in total. The summed E-state index contributed by atoms with van der Waals surface area (Å²) in [5.74, 6) is 2.70. The monoisotopic (exact) mass is 2090 g/mol. The number of halogens is 9. The quantitative estimate of drug-likeness (QED) is 0.00780. The van der Waals surface area contributed by atoms with Crippen molar-refractivity contribution in [2.24, 2.45) is 16.2 Å². The minimum atomic E-state index is -0.607. The van der Waals surface area contributed by atoms with Crippen molar-refractivity contribution in [1.29, 1.82) is 0 Å². The van der Waals surface area contributed by atoms with Gasteiger partial charge in [0.05, 0.1) is 111 Å². The van der Waals surface area contributed by atoms with Crippen LogP contribution >= 0.6 is 104 Å². The minimum absolute atomic E-state index is 0.0202. The molecule has 0 radical (unpaired) electrons. The molecule has 0 aliphatic heterocycles. The van der Waals surface area contributed by atoms with Gasteiger partial charge in [-0.15, -0.1) is 0 Å². The van der Waals surface area contributed by atoms with Crippen LogP contribution in [0.1, 0.15) is 145 Å². The van der Waals surface area contributed by atoms with Crippen molar-refractivity contribution in [3.63, 3.8) is 0 Å². The molecule has 0 spiro atoms. The zero-order valence-electron chi connectivity index (χ0n) is 77.6. The smallest absolute Gasteiger partial charge is 0.271 e. The van der Waals surface area contributed by atoms with E-state index in [1.165, 1.54) is 42.7 Å². The zero-order chi connectivity index (χ0) is 103. The number of nitro groups is 2. The Kier molecular flexibility index (Phi) is 37.1. The van der Waals surface area contributed by atoms with E-state index < -0.39 is 20.5 Å². The van der Waals surface area contributed by atoms with Crippen LogP contribution in [0.2, 0.25) is 40.2 Å². The molecule has 0 aliphatic rings. The number of nitrogens with one attached hydrogen (secondary N) is 5. The minimum Gasteiger partial charge on any atom is -0.399 e. The molecule has 0 saturated carbocycles. The van der Waals surface area contributed by atoms with E-state index in [-0.39, 0.29) is 75.3 Å². The molecular weight excluding hydrogens is 2000 g/mol. The molecule has 8 aromatic carbocycles. The van der Waals surface area contributed by atoms with Crippen LogP contribution in [0.5, 0.6) is 0 Å². The number of nitrogens with two attached hydrogens (primary N) is 3. The standard InChI is InChI=1S/2C27H25Cl2N3O2.C13H15Cl2NO2.C12H7ClN4O2.C12H9ClN4.C6H4ClNO.C6H7N3O2/c2*1-27(2,3)25(34)11-6-16-4-8-20(29)19(12-16)24(33)14-17-5-9-21-23(13-17)32-26(31-21)22-10-7-18(28)15-30-22;1-13(2,3)12(18)16-7-8-4-5-10(14)9(6-8)11(15)17;13-7-1-3-10(14-6-7)12-15-9-4-2-8(17(18)19)5-11(9)16-12;13-7-1-3-10(15-6-7)12-16-9-4-2-8(14)5-11(9)17-12;7-5-1-2-6(4-9)8-3-5;7-5-2-1-4(9(10)11)3-6(5)8/h2*4-5,7-10,12-13,15H,6,11,14H2,1-3H3,(H,31,32);4-6H,7H2,1-3H3,(H,16,18);1-6H,(H,15,16);1-6H,14H2,(H,16,17);1-4H;1-3H,7-8H2. The lowest BCUT2D eigenvalue weighted by molar-refractivity contribution is -0.384. The van der Waals surface area contributed by atoms with Crippen LogP contribution in [0.25, 0.3) is 90.2 Å². The fraction of sp³-hybridized carbons (Fsp3) is 0.184. The first kappa shape index (κ1) is 108. The maximum Gasteiger partial charge on any atom is 0.271 e. The fourth-order valence-corrected chi connectivity index (χ4v) is 14.6. The maximum absolute atomic E-state index is 13.1. The number of nitrogen functional groups attached to an aromatic ring is 3. The number of nitrogens with zero attached hydrogens (tertiary/aromatic N) is 11. The van der Waals surface area contributed by atoms with E-state index in [1.54, 1.807) is 122 Å². The number of hydrogen-bond acceptors (Lipinski definition) is 23.